The van der Waals surface area contributed by atoms with Crippen LogP contribution in [0.4, 0.5) is 4.79 Å². The fourth-order valence-corrected chi connectivity index (χ4v) is 5.15. The molecule has 182 valence electrons. The Hall–Kier alpha value is -2.00. The van der Waals surface area contributed by atoms with Crippen molar-refractivity contribution in [3.8, 4) is 0 Å². The number of cyclic esters (lactones) is 1. The number of nitrogens with zero attached hydrogens (tertiary/aromatic N) is 1. The zero-order chi connectivity index (χ0) is 23.4. The maximum absolute atomic E-state index is 13.5. The third-order valence-electron chi connectivity index (χ3n) is 7.08. The summed E-state index contributed by atoms with van der Waals surface area (Å²) in [5, 5.41) is 20.0. The van der Waals surface area contributed by atoms with E-state index in [2.05, 4.69) is 0 Å². The van der Waals surface area contributed by atoms with Gasteiger partial charge in [-0.2, -0.15) is 0 Å². The zero-order valence-electron chi connectivity index (χ0n) is 19.2. The molecule has 2 N–H and O–H groups in total. The molecule has 0 spiro atoms. The highest BCUT2D eigenvalue weighted by Gasteiger charge is 2.43. The second-order valence-corrected chi connectivity index (χ2v) is 9.60. The summed E-state index contributed by atoms with van der Waals surface area (Å²) in [7, 11) is 0. The Kier molecular flexibility index (Phi) is 8.01. The van der Waals surface area contributed by atoms with Crippen LogP contribution >= 0.6 is 0 Å². The molecule has 0 radical (unpaired) electrons. The maximum Gasteiger partial charge on any atom is 0.416 e. The molecule has 2 saturated heterocycles. The second kappa shape index (κ2) is 11.0. The van der Waals surface area contributed by atoms with E-state index in [0.29, 0.717) is 32.3 Å². The molecule has 0 bridgehead atoms. The van der Waals surface area contributed by atoms with E-state index in [9.17, 15) is 19.8 Å². The molecule has 8 heteroatoms. The topological polar surface area (TPSA) is 106 Å². The standard InChI is InChI=1S/C25H35NO7/c1-16(24(29)26-19(15-32-25(26)30)11-17-7-3-2-4-8-17)22(33-23-9-5-6-10-31-23)14-18-12-20(27)21(28)13-18/h2-4,7-8,16,18-23,27-28H,5-6,9-15H2,1H3/t16-,18?,19-,20-,21+,22+,23?/m0/s1. The number of aliphatic hydroxyl groups is 2. The maximum atomic E-state index is 13.5. The van der Waals surface area contributed by atoms with Crippen molar-refractivity contribution in [3.05, 3.63) is 35.9 Å². The van der Waals surface area contributed by atoms with Gasteiger partial charge in [0.15, 0.2) is 6.29 Å². The smallest absolute Gasteiger partial charge is 0.416 e. The minimum atomic E-state index is -0.753. The van der Waals surface area contributed by atoms with Crippen molar-refractivity contribution in [2.24, 2.45) is 11.8 Å². The first-order valence-electron chi connectivity index (χ1n) is 12.1. The van der Waals surface area contributed by atoms with E-state index in [0.717, 1.165) is 24.8 Å². The van der Waals surface area contributed by atoms with Gasteiger partial charge in [0, 0.05) is 6.61 Å². The van der Waals surface area contributed by atoms with Crippen molar-refractivity contribution in [1.82, 2.24) is 4.90 Å². The number of aliphatic hydroxyl groups excluding tert-OH is 2. The zero-order valence-corrected chi connectivity index (χ0v) is 19.2. The molecule has 1 saturated carbocycles. The molecule has 2 aliphatic heterocycles. The highest BCUT2D eigenvalue weighted by atomic mass is 16.7. The van der Waals surface area contributed by atoms with Crippen LogP contribution in [0, 0.1) is 11.8 Å². The highest BCUT2D eigenvalue weighted by molar-refractivity contribution is 5.95. The fourth-order valence-electron chi connectivity index (χ4n) is 5.15. The molecule has 7 atom stereocenters. The van der Waals surface area contributed by atoms with Crippen LogP contribution in [0.5, 0.6) is 0 Å². The van der Waals surface area contributed by atoms with E-state index >= 15 is 0 Å². The summed E-state index contributed by atoms with van der Waals surface area (Å²) in [4.78, 5) is 27.3. The summed E-state index contributed by atoms with van der Waals surface area (Å²) in [6.07, 6.45) is 1.71. The first-order chi connectivity index (χ1) is 15.9. The summed E-state index contributed by atoms with van der Waals surface area (Å²) in [6.45, 7) is 2.57. The summed E-state index contributed by atoms with van der Waals surface area (Å²) >= 11 is 0. The van der Waals surface area contributed by atoms with Gasteiger partial charge >= 0.3 is 6.09 Å². The first kappa shape index (κ1) is 24.1. The summed E-state index contributed by atoms with van der Waals surface area (Å²) in [5.41, 5.74) is 1.03. The number of carbonyl (C=O) groups excluding carboxylic acids is 2. The molecule has 4 rings (SSSR count). The molecule has 3 aliphatic rings. The van der Waals surface area contributed by atoms with E-state index in [1.165, 1.54) is 4.90 Å². The van der Waals surface area contributed by atoms with E-state index < -0.39 is 30.3 Å². The molecular formula is C25H35NO7. The number of amides is 2. The van der Waals surface area contributed by atoms with Crippen molar-refractivity contribution >= 4 is 12.0 Å². The van der Waals surface area contributed by atoms with Gasteiger partial charge in [-0.1, -0.05) is 37.3 Å². The molecule has 8 nitrogen and oxygen atoms in total. The Labute approximate surface area is 194 Å². The molecular weight excluding hydrogens is 426 g/mol. The molecule has 0 aromatic heterocycles. The third kappa shape index (κ3) is 5.93. The van der Waals surface area contributed by atoms with Crippen LogP contribution in [0.15, 0.2) is 30.3 Å². The van der Waals surface area contributed by atoms with Gasteiger partial charge in [0.05, 0.1) is 30.3 Å². The van der Waals surface area contributed by atoms with Crippen molar-refractivity contribution < 1.29 is 34.0 Å². The van der Waals surface area contributed by atoms with Crippen LogP contribution in [0.2, 0.25) is 0 Å². The van der Waals surface area contributed by atoms with Crippen molar-refractivity contribution in [1.29, 1.82) is 0 Å². The number of hydrogen-bond acceptors (Lipinski definition) is 7. The molecule has 1 aromatic carbocycles. The van der Waals surface area contributed by atoms with Crippen molar-refractivity contribution in [2.75, 3.05) is 13.2 Å². The molecule has 2 unspecified atom stereocenters. The van der Waals surface area contributed by atoms with Crippen LogP contribution in [0.25, 0.3) is 0 Å². The predicted octanol–water partition coefficient (Wildman–Crippen LogP) is 2.65. The number of benzene rings is 1. The van der Waals surface area contributed by atoms with Gasteiger partial charge in [-0.15, -0.1) is 0 Å². The minimum Gasteiger partial charge on any atom is -0.447 e. The van der Waals surface area contributed by atoms with Gasteiger partial charge in [-0.3, -0.25) is 4.79 Å². The van der Waals surface area contributed by atoms with Crippen LogP contribution in [0.1, 0.15) is 51.0 Å². The monoisotopic (exact) mass is 461 g/mol. The number of carbonyl (C=O) groups is 2. The molecule has 1 aromatic rings. The lowest BCUT2D eigenvalue weighted by molar-refractivity contribution is -0.202. The van der Waals surface area contributed by atoms with E-state index in [4.69, 9.17) is 14.2 Å². The lowest BCUT2D eigenvalue weighted by Gasteiger charge is -2.33. The van der Waals surface area contributed by atoms with Gasteiger partial charge in [0.2, 0.25) is 5.91 Å². The normalized spacial score (nSPS) is 31.9. The van der Waals surface area contributed by atoms with Crippen LogP contribution in [-0.2, 0) is 25.4 Å². The van der Waals surface area contributed by atoms with Gasteiger partial charge in [0.25, 0.3) is 0 Å². The number of imide groups is 1. The van der Waals surface area contributed by atoms with Crippen LogP contribution in [-0.4, -0.2) is 71.0 Å². The fraction of sp³-hybridized carbons (Fsp3) is 0.680. The average Bonchev–Trinajstić information content (AvgIpc) is 3.34. The van der Waals surface area contributed by atoms with Gasteiger partial charge < -0.3 is 24.4 Å². The Morgan fingerprint density at radius 2 is 1.91 bits per heavy atom. The SMILES string of the molecule is C[C@H](C(=O)N1C(=O)OC[C@@H]1Cc1ccccc1)[C@@H](CC1C[C@@H](O)[C@@H](O)C1)OC1CCCCO1. The summed E-state index contributed by atoms with van der Waals surface area (Å²) < 4.78 is 17.3. The average molecular weight is 462 g/mol. The Bertz CT molecular complexity index is 787. The summed E-state index contributed by atoms with van der Waals surface area (Å²) in [6, 6.07) is 9.37. The Morgan fingerprint density at radius 1 is 1.18 bits per heavy atom. The second-order valence-electron chi connectivity index (χ2n) is 9.60. The molecule has 1 aliphatic carbocycles. The van der Waals surface area contributed by atoms with Crippen LogP contribution in [0.3, 0.4) is 0 Å². The Morgan fingerprint density at radius 3 is 2.58 bits per heavy atom. The summed E-state index contributed by atoms with van der Waals surface area (Å²) in [5.74, 6) is -0.892. The molecule has 3 fully saturated rings. The molecule has 2 heterocycles. The van der Waals surface area contributed by atoms with E-state index in [1.807, 2.05) is 30.3 Å². The minimum absolute atomic E-state index is 0.0319. The first-order valence-corrected chi connectivity index (χ1v) is 12.1. The lowest BCUT2D eigenvalue weighted by Crippen LogP contribution is -2.47. The predicted molar refractivity (Wildman–Crippen MR) is 119 cm³/mol. The molecule has 2 amide bonds. The quantitative estimate of drug-likeness (QED) is 0.613. The lowest BCUT2D eigenvalue weighted by atomic mass is 9.91. The van der Waals surface area contributed by atoms with Gasteiger partial charge in [-0.05, 0) is 56.4 Å². The highest BCUT2D eigenvalue weighted by Crippen LogP contribution is 2.34. The largest absolute Gasteiger partial charge is 0.447 e. The van der Waals surface area contributed by atoms with E-state index in [1.54, 1.807) is 6.92 Å². The van der Waals surface area contributed by atoms with E-state index in [-0.39, 0.29) is 30.8 Å². The molecule has 33 heavy (non-hydrogen) atoms. The van der Waals surface area contributed by atoms with Crippen molar-refractivity contribution in [2.45, 2.75) is 82.5 Å². The van der Waals surface area contributed by atoms with Crippen LogP contribution < -0.4 is 0 Å². The number of rotatable bonds is 8. The van der Waals surface area contributed by atoms with Gasteiger partial charge in [0.1, 0.15) is 6.61 Å². The van der Waals surface area contributed by atoms with Crippen molar-refractivity contribution in [3.63, 3.8) is 0 Å². The van der Waals surface area contributed by atoms with Gasteiger partial charge in [-0.25, -0.2) is 9.69 Å². The Balaban J connectivity index is 1.47. The third-order valence-corrected chi connectivity index (χ3v) is 7.08. The number of ether oxygens (including phenoxy) is 3. The number of hydrogen-bond donors (Lipinski definition) is 2.